The van der Waals surface area contributed by atoms with Crippen molar-refractivity contribution in [2.24, 2.45) is 0 Å². The highest BCUT2D eigenvalue weighted by Crippen LogP contribution is 2.27. The number of rotatable bonds is 3. The summed E-state index contributed by atoms with van der Waals surface area (Å²) < 4.78 is 4.81. The van der Waals surface area contributed by atoms with Crippen LogP contribution in [0.25, 0.3) is 22.3 Å². The van der Waals surface area contributed by atoms with E-state index < -0.39 is 6.09 Å². The summed E-state index contributed by atoms with van der Waals surface area (Å²) in [7, 11) is 0. The number of nitrogens with zero attached hydrogens (tertiary/aromatic N) is 3. The van der Waals surface area contributed by atoms with Crippen LogP contribution in [0.3, 0.4) is 0 Å². The van der Waals surface area contributed by atoms with Crippen molar-refractivity contribution in [3.63, 3.8) is 0 Å². The Hall–Kier alpha value is -3.42. The molecular formula is C16H16N6O2. The lowest BCUT2D eigenvalue weighted by atomic mass is 10.1. The zero-order chi connectivity index (χ0) is 17.1. The topological polar surface area (TPSA) is 129 Å². The first kappa shape index (κ1) is 15.5. The number of hydrogen-bond donors (Lipinski definition) is 3. The number of aromatic nitrogens is 3. The summed E-state index contributed by atoms with van der Waals surface area (Å²) in [5, 5.41) is 2.48. The first-order valence-corrected chi connectivity index (χ1v) is 7.31. The molecule has 0 aliphatic carbocycles. The predicted molar refractivity (Wildman–Crippen MR) is 92.2 cm³/mol. The molecule has 0 radical (unpaired) electrons. The largest absolute Gasteiger partial charge is 0.450 e. The summed E-state index contributed by atoms with van der Waals surface area (Å²) in [6, 6.07) is 11.0. The Kier molecular flexibility index (Phi) is 4.11. The summed E-state index contributed by atoms with van der Waals surface area (Å²) in [6.45, 7) is 1.96. The van der Waals surface area contributed by atoms with Crippen molar-refractivity contribution >= 4 is 34.6 Å². The van der Waals surface area contributed by atoms with Gasteiger partial charge in [0.2, 0.25) is 0 Å². The molecule has 3 aromatic rings. The highest BCUT2D eigenvalue weighted by atomic mass is 16.5. The van der Waals surface area contributed by atoms with Crippen LogP contribution in [0.5, 0.6) is 0 Å². The number of nitrogen functional groups attached to an aromatic ring is 2. The van der Waals surface area contributed by atoms with E-state index in [0.29, 0.717) is 16.7 Å². The minimum atomic E-state index is -0.620. The minimum Gasteiger partial charge on any atom is -0.450 e. The van der Waals surface area contributed by atoms with Gasteiger partial charge >= 0.3 is 6.09 Å². The van der Waals surface area contributed by atoms with Crippen LogP contribution in [0.15, 0.2) is 36.4 Å². The lowest BCUT2D eigenvalue weighted by Crippen LogP contribution is -2.15. The van der Waals surface area contributed by atoms with Gasteiger partial charge in [-0.15, -0.1) is 0 Å². The highest BCUT2D eigenvalue weighted by molar-refractivity contribution is 5.93. The second-order valence-corrected chi connectivity index (χ2v) is 4.93. The SMILES string of the molecule is CCOC(=O)Nc1cc2nc(N)c(-c3ccccc3)nc2c(N)n1. The first-order valence-electron chi connectivity index (χ1n) is 7.31. The predicted octanol–water partition coefficient (Wildman–Crippen LogP) is 2.42. The lowest BCUT2D eigenvalue weighted by Gasteiger charge is -2.10. The number of pyridine rings is 1. The third kappa shape index (κ3) is 3.02. The van der Waals surface area contributed by atoms with E-state index in [0.717, 1.165) is 5.56 Å². The number of hydrogen-bond acceptors (Lipinski definition) is 7. The molecule has 0 aliphatic rings. The van der Waals surface area contributed by atoms with Crippen molar-refractivity contribution in [1.29, 1.82) is 0 Å². The molecule has 0 unspecified atom stereocenters. The smallest absolute Gasteiger partial charge is 0.412 e. The molecule has 3 rings (SSSR count). The van der Waals surface area contributed by atoms with Gasteiger partial charge in [0.25, 0.3) is 0 Å². The normalized spacial score (nSPS) is 10.5. The highest BCUT2D eigenvalue weighted by Gasteiger charge is 2.13. The molecule has 0 aliphatic heterocycles. The zero-order valence-electron chi connectivity index (χ0n) is 13.0. The van der Waals surface area contributed by atoms with Crippen molar-refractivity contribution in [1.82, 2.24) is 15.0 Å². The van der Waals surface area contributed by atoms with Crippen molar-refractivity contribution in [3.8, 4) is 11.3 Å². The minimum absolute atomic E-state index is 0.143. The molecule has 2 aromatic heterocycles. The maximum Gasteiger partial charge on any atom is 0.412 e. The number of carbonyl (C=O) groups is 1. The molecular weight excluding hydrogens is 308 g/mol. The molecule has 122 valence electrons. The van der Waals surface area contributed by atoms with Crippen LogP contribution in [-0.2, 0) is 4.74 Å². The average Bonchev–Trinajstić information content (AvgIpc) is 2.55. The molecule has 5 N–H and O–H groups in total. The summed E-state index contributed by atoms with van der Waals surface area (Å²) in [5.41, 5.74) is 14.2. The lowest BCUT2D eigenvalue weighted by molar-refractivity contribution is 0.168. The maximum absolute atomic E-state index is 11.5. The van der Waals surface area contributed by atoms with E-state index in [1.54, 1.807) is 13.0 Å². The second kappa shape index (κ2) is 6.37. The van der Waals surface area contributed by atoms with E-state index in [9.17, 15) is 4.79 Å². The fourth-order valence-corrected chi connectivity index (χ4v) is 2.24. The van der Waals surface area contributed by atoms with Gasteiger partial charge in [0.15, 0.2) is 11.6 Å². The van der Waals surface area contributed by atoms with Crippen LogP contribution in [0.4, 0.5) is 22.2 Å². The Morgan fingerprint density at radius 3 is 2.58 bits per heavy atom. The van der Waals surface area contributed by atoms with Gasteiger partial charge in [0.1, 0.15) is 17.0 Å². The third-order valence-electron chi connectivity index (χ3n) is 3.26. The summed E-state index contributed by atoms with van der Waals surface area (Å²) in [4.78, 5) is 24.4. The molecule has 1 amide bonds. The van der Waals surface area contributed by atoms with Crippen molar-refractivity contribution in [2.75, 3.05) is 23.4 Å². The fourth-order valence-electron chi connectivity index (χ4n) is 2.24. The van der Waals surface area contributed by atoms with E-state index in [4.69, 9.17) is 16.2 Å². The van der Waals surface area contributed by atoms with Crippen LogP contribution >= 0.6 is 0 Å². The number of benzene rings is 1. The first-order chi connectivity index (χ1) is 11.6. The number of anilines is 3. The number of amides is 1. The summed E-state index contributed by atoms with van der Waals surface area (Å²) in [5.74, 6) is 0.630. The Labute approximate surface area is 137 Å². The Bertz CT molecular complexity index is 898. The molecule has 8 heteroatoms. The molecule has 0 bridgehead atoms. The van der Waals surface area contributed by atoms with Gasteiger partial charge in [-0.2, -0.15) is 0 Å². The van der Waals surface area contributed by atoms with Gasteiger partial charge < -0.3 is 16.2 Å². The number of nitrogens with two attached hydrogens (primary N) is 2. The van der Waals surface area contributed by atoms with Gasteiger partial charge in [0.05, 0.1) is 12.1 Å². The van der Waals surface area contributed by atoms with E-state index in [1.807, 2.05) is 30.3 Å². The average molecular weight is 324 g/mol. The maximum atomic E-state index is 11.5. The molecule has 1 aromatic carbocycles. The van der Waals surface area contributed by atoms with Gasteiger partial charge in [-0.3, -0.25) is 5.32 Å². The fraction of sp³-hybridized carbons (Fsp3) is 0.125. The van der Waals surface area contributed by atoms with Gasteiger partial charge in [-0.05, 0) is 6.92 Å². The van der Waals surface area contributed by atoms with Crippen molar-refractivity contribution < 1.29 is 9.53 Å². The van der Waals surface area contributed by atoms with E-state index in [-0.39, 0.29) is 24.1 Å². The quantitative estimate of drug-likeness (QED) is 0.674. The molecule has 0 saturated heterocycles. The Balaban J connectivity index is 2.05. The molecule has 0 spiro atoms. The molecule has 24 heavy (non-hydrogen) atoms. The molecule has 0 fully saturated rings. The number of ether oxygens (including phenoxy) is 1. The molecule has 8 nitrogen and oxygen atoms in total. The van der Waals surface area contributed by atoms with Crippen LogP contribution in [0.2, 0.25) is 0 Å². The standard InChI is InChI=1S/C16H16N6O2/c1-2-24-16(23)21-11-8-10-13(15(18)20-11)22-12(14(17)19-10)9-6-4-3-5-7-9/h3-8H,2H2,1H3,(H2,17,19)(H3,18,20,21,23). The van der Waals surface area contributed by atoms with Crippen LogP contribution in [0.1, 0.15) is 6.92 Å². The Morgan fingerprint density at radius 1 is 1.12 bits per heavy atom. The van der Waals surface area contributed by atoms with Crippen molar-refractivity contribution in [2.45, 2.75) is 6.92 Å². The third-order valence-corrected chi connectivity index (χ3v) is 3.26. The van der Waals surface area contributed by atoms with Gasteiger partial charge in [-0.1, -0.05) is 30.3 Å². The van der Waals surface area contributed by atoms with Crippen LogP contribution < -0.4 is 16.8 Å². The second-order valence-electron chi connectivity index (χ2n) is 4.93. The summed E-state index contributed by atoms with van der Waals surface area (Å²) in [6.07, 6.45) is -0.620. The molecule has 2 heterocycles. The number of nitrogens with one attached hydrogen (secondary N) is 1. The molecule has 0 saturated carbocycles. The molecule has 0 atom stereocenters. The van der Waals surface area contributed by atoms with Crippen molar-refractivity contribution in [3.05, 3.63) is 36.4 Å². The van der Waals surface area contributed by atoms with E-state index in [1.165, 1.54) is 0 Å². The van der Waals surface area contributed by atoms with Crippen LogP contribution in [-0.4, -0.2) is 27.7 Å². The van der Waals surface area contributed by atoms with E-state index in [2.05, 4.69) is 20.3 Å². The number of carbonyl (C=O) groups excluding carboxylic acids is 1. The number of fused-ring (bicyclic) bond motifs is 1. The van der Waals surface area contributed by atoms with Gasteiger partial charge in [-0.25, -0.2) is 19.7 Å². The van der Waals surface area contributed by atoms with E-state index >= 15 is 0 Å². The summed E-state index contributed by atoms with van der Waals surface area (Å²) >= 11 is 0. The Morgan fingerprint density at radius 2 is 1.88 bits per heavy atom. The zero-order valence-corrected chi connectivity index (χ0v) is 13.0. The van der Waals surface area contributed by atoms with Gasteiger partial charge in [0, 0.05) is 11.6 Å². The van der Waals surface area contributed by atoms with Crippen LogP contribution in [0, 0.1) is 0 Å². The monoisotopic (exact) mass is 324 g/mol.